The topological polar surface area (TPSA) is 98.2 Å². The third-order valence-electron chi connectivity index (χ3n) is 8.75. The minimum atomic E-state index is -0.931. The van der Waals surface area contributed by atoms with Gasteiger partial charge in [0.15, 0.2) is 0 Å². The molecule has 2 heterocycles. The second kappa shape index (κ2) is 21.5. The number of aromatic carboxylic acids is 1. The fourth-order valence-electron chi connectivity index (χ4n) is 6.06. The van der Waals surface area contributed by atoms with Gasteiger partial charge in [0.05, 0.1) is 24.0 Å². The van der Waals surface area contributed by atoms with E-state index in [4.69, 9.17) is 10.2 Å². The lowest BCUT2D eigenvalue weighted by Crippen LogP contribution is -2.38. The number of carbonyl (C=O) groups excluding carboxylic acids is 2. The van der Waals surface area contributed by atoms with Gasteiger partial charge in [-0.25, -0.2) is 4.79 Å². The number of likely N-dealkylation sites (tertiary alicyclic amines) is 2. The number of unbranched alkanes of at least 4 members (excludes halogenated alkanes) is 2. The van der Waals surface area contributed by atoms with Gasteiger partial charge in [0, 0.05) is 26.2 Å². The van der Waals surface area contributed by atoms with E-state index >= 15 is 0 Å². The van der Waals surface area contributed by atoms with Gasteiger partial charge in [-0.3, -0.25) is 9.59 Å². The van der Waals surface area contributed by atoms with Gasteiger partial charge in [0.1, 0.15) is 0 Å². The summed E-state index contributed by atoms with van der Waals surface area (Å²) in [6.45, 7) is 7.88. The maximum atomic E-state index is 12.8. The molecule has 2 aliphatic heterocycles. The molecule has 2 unspecified atom stereocenters. The van der Waals surface area contributed by atoms with Crippen molar-refractivity contribution in [2.75, 3.05) is 26.2 Å². The molecule has 2 amide bonds. The molecule has 45 heavy (non-hydrogen) atoms. The Morgan fingerprint density at radius 2 is 1.02 bits per heavy atom. The summed E-state index contributed by atoms with van der Waals surface area (Å²) in [5.41, 5.74) is 3.20. The third-order valence-corrected chi connectivity index (χ3v) is 8.75. The molecule has 0 aliphatic carbocycles. The van der Waals surface area contributed by atoms with Crippen molar-refractivity contribution in [2.45, 2.75) is 124 Å². The number of nitrogens with zero attached hydrogens (tertiary/aromatic N) is 2. The molecule has 7 heteroatoms. The van der Waals surface area contributed by atoms with Crippen LogP contribution >= 0.6 is 0 Å². The van der Waals surface area contributed by atoms with Gasteiger partial charge >= 0.3 is 5.97 Å². The Morgan fingerprint density at radius 1 is 0.644 bits per heavy atom. The molecule has 2 atom stereocenters. The van der Waals surface area contributed by atoms with Gasteiger partial charge in [-0.05, 0) is 80.2 Å². The lowest BCUT2D eigenvalue weighted by atomic mass is 9.91. The van der Waals surface area contributed by atoms with Gasteiger partial charge < -0.3 is 20.0 Å². The highest BCUT2D eigenvalue weighted by atomic mass is 16.4. The van der Waals surface area contributed by atoms with Crippen LogP contribution in [0.3, 0.4) is 0 Å². The first-order valence-electron chi connectivity index (χ1n) is 16.5. The highest BCUT2D eigenvalue weighted by molar-refractivity contribution is 5.88. The minimum absolute atomic E-state index is 0. The Balaban J connectivity index is 0.000000431. The lowest BCUT2D eigenvalue weighted by Gasteiger charge is -2.30. The lowest BCUT2D eigenvalue weighted by molar-refractivity contribution is -0.134. The van der Waals surface area contributed by atoms with E-state index in [0.29, 0.717) is 5.91 Å². The predicted molar refractivity (Wildman–Crippen MR) is 185 cm³/mol. The maximum Gasteiger partial charge on any atom is 0.335 e. The quantitative estimate of drug-likeness (QED) is 0.247. The SMILES string of the molecule is C.C.CCCCC(C(=O)N1CCCCC1)c1ccc(C(=O)O)cc1.CCCCC(C(=O)N1CCCCC1)c1ccc(CO)cc1. The Labute approximate surface area is 273 Å². The molecule has 2 fully saturated rings. The fourth-order valence-corrected chi connectivity index (χ4v) is 6.06. The predicted octanol–water partition coefficient (Wildman–Crippen LogP) is 8.41. The number of carboxylic acids is 1. The smallest absolute Gasteiger partial charge is 0.335 e. The number of carbonyl (C=O) groups is 3. The number of amides is 2. The standard InChI is InChI=1S/C18H25NO3.C18H27NO2.2CH4/c1-2-3-7-16(17(20)19-12-5-4-6-13-19)14-8-10-15(11-9-14)18(21)22;1-2-3-7-17(16-10-8-15(14-20)9-11-16)18(21)19-12-5-4-6-13-19;;/h8-11,16H,2-7,12-13H2,1H3,(H,21,22);8-11,17,20H,2-7,12-14H2,1H3;2*1H4. The number of piperidine rings is 2. The van der Waals surface area contributed by atoms with Gasteiger partial charge in [-0.1, -0.05) is 90.8 Å². The Morgan fingerprint density at radius 3 is 1.36 bits per heavy atom. The molecule has 2 N–H and O–H groups in total. The van der Waals surface area contributed by atoms with E-state index in [2.05, 4.69) is 13.8 Å². The summed E-state index contributed by atoms with van der Waals surface area (Å²) >= 11 is 0. The average Bonchev–Trinajstić information content (AvgIpc) is 3.06. The molecule has 2 aromatic carbocycles. The summed E-state index contributed by atoms with van der Waals surface area (Å²) in [4.78, 5) is 40.7. The molecule has 0 aromatic heterocycles. The van der Waals surface area contributed by atoms with Crippen molar-refractivity contribution in [1.82, 2.24) is 9.80 Å². The first-order chi connectivity index (χ1) is 20.9. The number of rotatable bonds is 12. The molecule has 2 aromatic rings. The molecule has 2 aliphatic rings. The van der Waals surface area contributed by atoms with Gasteiger partial charge in [-0.15, -0.1) is 0 Å². The van der Waals surface area contributed by atoms with Crippen LogP contribution in [-0.4, -0.2) is 64.0 Å². The van der Waals surface area contributed by atoms with Gasteiger partial charge in [0.2, 0.25) is 11.8 Å². The van der Waals surface area contributed by atoms with E-state index in [0.717, 1.165) is 107 Å². The van der Waals surface area contributed by atoms with Gasteiger partial charge in [-0.2, -0.15) is 0 Å². The number of hydrogen-bond donors (Lipinski definition) is 2. The van der Waals surface area contributed by atoms with Crippen LogP contribution in [0.1, 0.15) is 145 Å². The summed E-state index contributed by atoms with van der Waals surface area (Å²) in [5.74, 6) is -0.591. The van der Waals surface area contributed by atoms with Crippen molar-refractivity contribution in [3.05, 3.63) is 70.8 Å². The largest absolute Gasteiger partial charge is 0.478 e. The van der Waals surface area contributed by atoms with E-state index in [1.165, 1.54) is 12.8 Å². The molecule has 0 radical (unpaired) electrons. The van der Waals surface area contributed by atoms with E-state index in [-0.39, 0.29) is 44.8 Å². The van der Waals surface area contributed by atoms with Crippen LogP contribution in [0.15, 0.2) is 48.5 Å². The number of aliphatic hydroxyl groups is 1. The number of carboxylic acid groups (broad SMARTS) is 1. The van der Waals surface area contributed by atoms with E-state index < -0.39 is 5.97 Å². The first kappa shape index (κ1) is 39.8. The van der Waals surface area contributed by atoms with Crippen LogP contribution in [0.25, 0.3) is 0 Å². The first-order valence-corrected chi connectivity index (χ1v) is 16.5. The van der Waals surface area contributed by atoms with Crippen molar-refractivity contribution >= 4 is 17.8 Å². The fraction of sp³-hybridized carbons (Fsp3) is 0.605. The van der Waals surface area contributed by atoms with Crippen LogP contribution in [0.5, 0.6) is 0 Å². The zero-order valence-corrected chi connectivity index (χ0v) is 26.3. The molecule has 252 valence electrons. The monoisotopic (exact) mass is 624 g/mol. The van der Waals surface area contributed by atoms with Crippen LogP contribution < -0.4 is 0 Å². The Hall–Kier alpha value is -3.19. The maximum absolute atomic E-state index is 12.8. The Kier molecular flexibility index (Phi) is 19.1. The van der Waals surface area contributed by atoms with Crippen molar-refractivity contribution in [2.24, 2.45) is 0 Å². The molecule has 0 spiro atoms. The number of aliphatic hydroxyl groups excluding tert-OH is 1. The summed E-state index contributed by atoms with van der Waals surface area (Å²) in [6, 6.07) is 14.7. The number of hydrogen-bond acceptors (Lipinski definition) is 4. The van der Waals surface area contributed by atoms with Crippen molar-refractivity contribution < 1.29 is 24.6 Å². The molecular weight excluding hydrogens is 564 g/mol. The Bertz CT molecular complexity index is 1120. The molecule has 2 saturated heterocycles. The van der Waals surface area contributed by atoms with E-state index in [1.54, 1.807) is 24.3 Å². The highest BCUT2D eigenvalue weighted by Gasteiger charge is 2.27. The highest BCUT2D eigenvalue weighted by Crippen LogP contribution is 2.28. The van der Waals surface area contributed by atoms with Crippen molar-refractivity contribution in [3.8, 4) is 0 Å². The zero-order valence-electron chi connectivity index (χ0n) is 26.3. The minimum Gasteiger partial charge on any atom is -0.478 e. The second-order valence-corrected chi connectivity index (χ2v) is 12.0. The van der Waals surface area contributed by atoms with E-state index in [1.807, 2.05) is 34.1 Å². The van der Waals surface area contributed by atoms with Crippen LogP contribution in [0.4, 0.5) is 0 Å². The normalized spacial score (nSPS) is 15.8. The van der Waals surface area contributed by atoms with Crippen molar-refractivity contribution in [3.63, 3.8) is 0 Å². The zero-order chi connectivity index (χ0) is 31.0. The third kappa shape index (κ3) is 12.3. The van der Waals surface area contributed by atoms with Crippen LogP contribution in [0.2, 0.25) is 0 Å². The second-order valence-electron chi connectivity index (χ2n) is 12.0. The average molecular weight is 625 g/mol. The van der Waals surface area contributed by atoms with E-state index in [9.17, 15) is 14.4 Å². The molecule has 4 rings (SSSR count). The summed E-state index contributed by atoms with van der Waals surface area (Å²) < 4.78 is 0. The molecule has 0 saturated carbocycles. The van der Waals surface area contributed by atoms with Crippen molar-refractivity contribution in [1.29, 1.82) is 0 Å². The van der Waals surface area contributed by atoms with Crippen LogP contribution in [0, 0.1) is 0 Å². The summed E-state index contributed by atoms with van der Waals surface area (Å²) in [5, 5.41) is 18.1. The summed E-state index contributed by atoms with van der Waals surface area (Å²) in [7, 11) is 0. The molecule has 7 nitrogen and oxygen atoms in total. The number of benzene rings is 2. The van der Waals surface area contributed by atoms with Gasteiger partial charge in [0.25, 0.3) is 0 Å². The molecular formula is C38H60N2O5. The summed E-state index contributed by atoms with van der Waals surface area (Å²) in [6.07, 6.45) is 12.9. The van der Waals surface area contributed by atoms with Crippen LogP contribution in [-0.2, 0) is 16.2 Å². The molecule has 0 bridgehead atoms.